The molecule has 0 atom stereocenters. The molecule has 0 aliphatic heterocycles. The molecule has 1 aliphatic rings. The fraction of sp³-hybridized carbons (Fsp3) is 0.214. The predicted octanol–water partition coefficient (Wildman–Crippen LogP) is 3.92. The van der Waals surface area contributed by atoms with E-state index >= 15 is 0 Å². The molecule has 1 aromatic carbocycles. The summed E-state index contributed by atoms with van der Waals surface area (Å²) < 4.78 is 19.7. The van der Waals surface area contributed by atoms with Gasteiger partial charge in [-0.2, -0.15) is 10.2 Å². The molecule has 1 aromatic heterocycles. The molecule has 1 heterocycles. The molecule has 0 radical (unpaired) electrons. The van der Waals surface area contributed by atoms with Gasteiger partial charge in [0.2, 0.25) is 5.88 Å². The summed E-state index contributed by atoms with van der Waals surface area (Å²) in [5.41, 5.74) is -0.129. The lowest BCUT2D eigenvalue weighted by molar-refractivity contribution is 0.451. The zero-order chi connectivity index (χ0) is 14.1. The standard InChI is InChI=1S/C14H9BrFN3O/c15-12-6-13(19-14(18-12)8-4-5-8)20-11-3-1-2-10(16)9(11)7-17/h1-3,6,8H,4-5H2. The Morgan fingerprint density at radius 2 is 2.15 bits per heavy atom. The van der Waals surface area contributed by atoms with Crippen molar-refractivity contribution < 1.29 is 9.13 Å². The Balaban J connectivity index is 1.95. The molecule has 20 heavy (non-hydrogen) atoms. The van der Waals surface area contributed by atoms with Gasteiger partial charge < -0.3 is 4.74 Å². The molecule has 0 N–H and O–H groups in total. The Morgan fingerprint density at radius 1 is 1.35 bits per heavy atom. The molecule has 100 valence electrons. The van der Waals surface area contributed by atoms with Gasteiger partial charge in [-0.25, -0.2) is 9.37 Å². The molecule has 2 aromatic rings. The van der Waals surface area contributed by atoms with Gasteiger partial charge >= 0.3 is 0 Å². The van der Waals surface area contributed by atoms with Crippen molar-refractivity contribution in [2.24, 2.45) is 0 Å². The molecule has 0 unspecified atom stereocenters. The number of rotatable bonds is 3. The third-order valence-electron chi connectivity index (χ3n) is 2.93. The van der Waals surface area contributed by atoms with Gasteiger partial charge in [-0.15, -0.1) is 0 Å². The summed E-state index contributed by atoms with van der Waals surface area (Å²) in [4.78, 5) is 8.58. The Hall–Kier alpha value is -2.00. The Kier molecular flexibility index (Phi) is 3.36. The maximum Gasteiger partial charge on any atom is 0.223 e. The van der Waals surface area contributed by atoms with Gasteiger partial charge in [0.1, 0.15) is 33.6 Å². The molecule has 1 fully saturated rings. The van der Waals surface area contributed by atoms with Crippen molar-refractivity contribution in [1.29, 1.82) is 5.26 Å². The van der Waals surface area contributed by atoms with Crippen LogP contribution in [0.15, 0.2) is 28.9 Å². The minimum atomic E-state index is -0.611. The van der Waals surface area contributed by atoms with E-state index in [1.807, 2.05) is 0 Å². The predicted molar refractivity (Wildman–Crippen MR) is 72.9 cm³/mol. The van der Waals surface area contributed by atoms with Crippen LogP contribution in [0.3, 0.4) is 0 Å². The van der Waals surface area contributed by atoms with Crippen molar-refractivity contribution in [3.63, 3.8) is 0 Å². The van der Waals surface area contributed by atoms with Gasteiger partial charge in [-0.3, -0.25) is 0 Å². The van der Waals surface area contributed by atoms with Crippen LogP contribution in [0.4, 0.5) is 4.39 Å². The van der Waals surface area contributed by atoms with Crippen molar-refractivity contribution in [2.75, 3.05) is 0 Å². The molecule has 0 bridgehead atoms. The summed E-state index contributed by atoms with van der Waals surface area (Å²) in [6.45, 7) is 0. The molecule has 0 amide bonds. The van der Waals surface area contributed by atoms with Gasteiger partial charge in [-0.1, -0.05) is 6.07 Å². The zero-order valence-corrected chi connectivity index (χ0v) is 11.9. The maximum absolute atomic E-state index is 13.5. The van der Waals surface area contributed by atoms with Crippen LogP contribution in [0.2, 0.25) is 0 Å². The SMILES string of the molecule is N#Cc1c(F)cccc1Oc1cc(Br)nc(C2CC2)n1. The molecule has 1 saturated carbocycles. The summed E-state index contributed by atoms with van der Waals surface area (Å²) in [6.07, 6.45) is 2.14. The Labute approximate surface area is 123 Å². The monoisotopic (exact) mass is 333 g/mol. The first-order chi connectivity index (χ1) is 9.67. The molecular formula is C14H9BrFN3O. The molecule has 3 rings (SSSR count). The van der Waals surface area contributed by atoms with E-state index < -0.39 is 5.82 Å². The van der Waals surface area contributed by atoms with E-state index in [1.165, 1.54) is 18.2 Å². The number of halogens is 2. The highest BCUT2D eigenvalue weighted by Gasteiger charge is 2.27. The van der Waals surface area contributed by atoms with E-state index in [4.69, 9.17) is 10.00 Å². The van der Waals surface area contributed by atoms with Crippen LogP contribution in [-0.4, -0.2) is 9.97 Å². The highest BCUT2D eigenvalue weighted by molar-refractivity contribution is 9.10. The number of hydrogen-bond acceptors (Lipinski definition) is 4. The second-order valence-corrected chi connectivity index (χ2v) is 5.30. The van der Waals surface area contributed by atoms with Crippen LogP contribution in [0, 0.1) is 17.1 Å². The smallest absolute Gasteiger partial charge is 0.223 e. The fourth-order valence-corrected chi connectivity index (χ4v) is 2.18. The van der Waals surface area contributed by atoms with Crippen LogP contribution in [0.1, 0.15) is 30.1 Å². The first-order valence-electron chi connectivity index (χ1n) is 6.08. The highest BCUT2D eigenvalue weighted by atomic mass is 79.9. The van der Waals surface area contributed by atoms with Crippen molar-refractivity contribution in [2.45, 2.75) is 18.8 Å². The summed E-state index contributed by atoms with van der Waals surface area (Å²) in [5, 5.41) is 8.97. The average Bonchev–Trinajstić information content (AvgIpc) is 3.22. The van der Waals surface area contributed by atoms with Crippen molar-refractivity contribution in [3.05, 3.63) is 46.1 Å². The number of hydrogen-bond donors (Lipinski definition) is 0. The van der Waals surface area contributed by atoms with Crippen LogP contribution in [0.5, 0.6) is 11.6 Å². The molecule has 0 saturated heterocycles. The first kappa shape index (κ1) is 13.0. The van der Waals surface area contributed by atoms with Crippen LogP contribution in [0.25, 0.3) is 0 Å². The summed E-state index contributed by atoms with van der Waals surface area (Å²) in [7, 11) is 0. The molecule has 1 aliphatic carbocycles. The summed E-state index contributed by atoms with van der Waals surface area (Å²) in [6, 6.07) is 7.63. The lowest BCUT2D eigenvalue weighted by atomic mass is 10.2. The molecule has 6 heteroatoms. The third-order valence-corrected chi connectivity index (χ3v) is 3.34. The van der Waals surface area contributed by atoms with Gasteiger partial charge in [0.15, 0.2) is 0 Å². The van der Waals surface area contributed by atoms with Gasteiger partial charge in [-0.05, 0) is 40.9 Å². The number of benzene rings is 1. The second-order valence-electron chi connectivity index (χ2n) is 4.49. The number of aromatic nitrogens is 2. The Bertz CT molecular complexity index is 710. The quantitative estimate of drug-likeness (QED) is 0.799. The number of nitriles is 1. The number of nitrogens with zero attached hydrogens (tertiary/aromatic N) is 3. The van der Waals surface area contributed by atoms with E-state index in [1.54, 1.807) is 12.1 Å². The maximum atomic E-state index is 13.5. The van der Waals surface area contributed by atoms with Crippen LogP contribution >= 0.6 is 15.9 Å². The Morgan fingerprint density at radius 3 is 2.85 bits per heavy atom. The minimum Gasteiger partial charge on any atom is -0.437 e. The fourth-order valence-electron chi connectivity index (χ4n) is 1.80. The molecule has 4 nitrogen and oxygen atoms in total. The lowest BCUT2D eigenvalue weighted by Crippen LogP contribution is -1.98. The molecular weight excluding hydrogens is 325 g/mol. The summed E-state index contributed by atoms with van der Waals surface area (Å²) in [5.74, 6) is 0.929. The van der Waals surface area contributed by atoms with Crippen LogP contribution in [-0.2, 0) is 0 Å². The largest absolute Gasteiger partial charge is 0.437 e. The first-order valence-corrected chi connectivity index (χ1v) is 6.87. The zero-order valence-electron chi connectivity index (χ0n) is 10.3. The van der Waals surface area contributed by atoms with Gasteiger partial charge in [0.05, 0.1) is 0 Å². The average molecular weight is 334 g/mol. The third kappa shape index (κ3) is 2.63. The lowest BCUT2D eigenvalue weighted by Gasteiger charge is -2.08. The van der Waals surface area contributed by atoms with Crippen LogP contribution < -0.4 is 4.74 Å². The van der Waals surface area contributed by atoms with Gasteiger partial charge in [0, 0.05) is 12.0 Å². The topological polar surface area (TPSA) is 58.8 Å². The van der Waals surface area contributed by atoms with E-state index in [2.05, 4.69) is 25.9 Å². The summed E-state index contributed by atoms with van der Waals surface area (Å²) >= 11 is 3.30. The minimum absolute atomic E-state index is 0.129. The highest BCUT2D eigenvalue weighted by Crippen LogP contribution is 2.39. The van der Waals surface area contributed by atoms with Crippen molar-refractivity contribution in [1.82, 2.24) is 9.97 Å². The normalized spacial score (nSPS) is 13.8. The van der Waals surface area contributed by atoms with Gasteiger partial charge in [0.25, 0.3) is 0 Å². The van der Waals surface area contributed by atoms with Crippen molar-refractivity contribution in [3.8, 4) is 17.7 Å². The molecule has 0 spiro atoms. The van der Waals surface area contributed by atoms with E-state index in [-0.39, 0.29) is 11.3 Å². The van der Waals surface area contributed by atoms with E-state index in [9.17, 15) is 4.39 Å². The van der Waals surface area contributed by atoms with E-state index in [0.29, 0.717) is 22.2 Å². The number of ether oxygens (including phenoxy) is 1. The van der Waals surface area contributed by atoms with Crippen molar-refractivity contribution >= 4 is 15.9 Å². The van der Waals surface area contributed by atoms with E-state index in [0.717, 1.165) is 12.8 Å². The second kappa shape index (κ2) is 5.17.